The molecule has 1 atom stereocenters. The lowest BCUT2D eigenvalue weighted by Gasteiger charge is -2.29. The fraction of sp³-hybridized carbons (Fsp3) is 0.545. The van der Waals surface area contributed by atoms with Crippen LogP contribution in [0.3, 0.4) is 0 Å². The number of hydrogen-bond donors (Lipinski definition) is 2. The van der Waals surface area contributed by atoms with E-state index in [9.17, 15) is 4.79 Å². The number of amides is 1. The lowest BCUT2D eigenvalue weighted by atomic mass is 9.89. The molecule has 0 aliphatic heterocycles. The van der Waals surface area contributed by atoms with E-state index in [4.69, 9.17) is 20.9 Å². The molecule has 18 heavy (non-hydrogen) atoms. The molecule has 0 fully saturated rings. The van der Waals surface area contributed by atoms with Crippen molar-refractivity contribution in [2.24, 2.45) is 11.1 Å². The maximum absolute atomic E-state index is 10.6. The minimum Gasteiger partial charge on any atom is -0.469 e. The molecule has 0 aliphatic rings. The highest BCUT2D eigenvalue weighted by molar-refractivity contribution is 5.64. The SMILES string of the molecule is CC(C)(C)C(COC(N)=O)Oc1cnc(N)cn1. The predicted molar refractivity (Wildman–Crippen MR) is 65.9 cm³/mol. The molecule has 0 radical (unpaired) electrons. The molecule has 1 aromatic rings. The molecule has 0 aliphatic carbocycles. The molecule has 7 heteroatoms. The number of rotatable bonds is 4. The van der Waals surface area contributed by atoms with Crippen LogP contribution in [0.4, 0.5) is 10.6 Å². The first-order chi connectivity index (χ1) is 8.29. The Morgan fingerprint density at radius 1 is 1.39 bits per heavy atom. The van der Waals surface area contributed by atoms with E-state index < -0.39 is 6.09 Å². The minimum atomic E-state index is -0.837. The summed E-state index contributed by atoms with van der Waals surface area (Å²) in [6, 6.07) is 0. The smallest absolute Gasteiger partial charge is 0.404 e. The molecule has 1 amide bonds. The van der Waals surface area contributed by atoms with Gasteiger partial charge in [0.05, 0.1) is 12.4 Å². The lowest BCUT2D eigenvalue weighted by molar-refractivity contribution is 0.0209. The summed E-state index contributed by atoms with van der Waals surface area (Å²) in [5.41, 5.74) is 10.1. The van der Waals surface area contributed by atoms with Crippen molar-refractivity contribution < 1.29 is 14.3 Å². The van der Waals surface area contributed by atoms with E-state index in [1.54, 1.807) is 0 Å². The van der Waals surface area contributed by atoms with Crippen molar-refractivity contribution in [3.05, 3.63) is 12.4 Å². The van der Waals surface area contributed by atoms with Gasteiger partial charge >= 0.3 is 6.09 Å². The molecular weight excluding hydrogens is 236 g/mol. The highest BCUT2D eigenvalue weighted by Gasteiger charge is 2.28. The third-order valence-corrected chi connectivity index (χ3v) is 2.25. The number of hydrogen-bond acceptors (Lipinski definition) is 6. The van der Waals surface area contributed by atoms with Gasteiger partial charge in [-0.3, -0.25) is 0 Å². The van der Waals surface area contributed by atoms with Crippen LogP contribution >= 0.6 is 0 Å². The maximum atomic E-state index is 10.6. The number of primary amides is 1. The van der Waals surface area contributed by atoms with Gasteiger partial charge in [0.2, 0.25) is 5.88 Å². The van der Waals surface area contributed by atoms with Crippen LogP contribution in [-0.4, -0.2) is 28.8 Å². The molecule has 1 unspecified atom stereocenters. The van der Waals surface area contributed by atoms with Crippen LogP contribution in [0.1, 0.15) is 20.8 Å². The van der Waals surface area contributed by atoms with Crippen molar-refractivity contribution in [1.82, 2.24) is 9.97 Å². The van der Waals surface area contributed by atoms with Gasteiger partial charge in [-0.1, -0.05) is 20.8 Å². The summed E-state index contributed by atoms with van der Waals surface area (Å²) in [4.78, 5) is 18.5. The monoisotopic (exact) mass is 254 g/mol. The van der Waals surface area contributed by atoms with E-state index in [2.05, 4.69) is 9.97 Å². The molecule has 0 spiro atoms. The number of carbonyl (C=O) groups is 1. The molecular formula is C11H18N4O3. The molecule has 7 nitrogen and oxygen atoms in total. The Labute approximate surface area is 105 Å². The average molecular weight is 254 g/mol. The Morgan fingerprint density at radius 2 is 2.06 bits per heavy atom. The summed E-state index contributed by atoms with van der Waals surface area (Å²) >= 11 is 0. The molecule has 1 heterocycles. The second kappa shape index (κ2) is 5.52. The summed E-state index contributed by atoms with van der Waals surface area (Å²) in [6.07, 6.45) is 1.58. The van der Waals surface area contributed by atoms with Crippen molar-refractivity contribution in [1.29, 1.82) is 0 Å². The van der Waals surface area contributed by atoms with Crippen LogP contribution in [0.15, 0.2) is 12.4 Å². The molecule has 1 rings (SSSR count). The molecule has 0 saturated carbocycles. The standard InChI is InChI=1S/C11H18N4O3/c1-11(2,3)7(6-17-10(13)16)18-9-5-14-8(12)4-15-9/h4-5,7H,6H2,1-3H3,(H2,12,14)(H2,13,16). The van der Waals surface area contributed by atoms with Gasteiger partial charge in [0.15, 0.2) is 0 Å². The van der Waals surface area contributed by atoms with Crippen LogP contribution in [0.25, 0.3) is 0 Å². The van der Waals surface area contributed by atoms with Crippen LogP contribution in [0.5, 0.6) is 5.88 Å². The summed E-state index contributed by atoms with van der Waals surface area (Å²) in [7, 11) is 0. The Morgan fingerprint density at radius 3 is 2.50 bits per heavy atom. The van der Waals surface area contributed by atoms with Crippen LogP contribution in [-0.2, 0) is 4.74 Å². The Balaban J connectivity index is 2.72. The zero-order valence-electron chi connectivity index (χ0n) is 10.7. The van der Waals surface area contributed by atoms with Gasteiger partial charge in [-0.2, -0.15) is 0 Å². The van der Waals surface area contributed by atoms with Gasteiger partial charge in [-0.25, -0.2) is 14.8 Å². The van der Waals surface area contributed by atoms with Crippen LogP contribution < -0.4 is 16.2 Å². The quantitative estimate of drug-likeness (QED) is 0.826. The third kappa shape index (κ3) is 4.44. The largest absolute Gasteiger partial charge is 0.469 e. The number of anilines is 1. The highest BCUT2D eigenvalue weighted by Crippen LogP contribution is 2.24. The normalized spacial score (nSPS) is 12.8. The fourth-order valence-electron chi connectivity index (χ4n) is 1.15. The summed E-state index contributed by atoms with van der Waals surface area (Å²) in [5, 5.41) is 0. The Kier molecular flexibility index (Phi) is 4.30. The first-order valence-electron chi connectivity index (χ1n) is 5.45. The highest BCUT2D eigenvalue weighted by atomic mass is 16.6. The molecule has 100 valence electrons. The first-order valence-corrected chi connectivity index (χ1v) is 5.45. The van der Waals surface area contributed by atoms with E-state index in [-0.39, 0.29) is 18.1 Å². The van der Waals surface area contributed by atoms with Crippen molar-refractivity contribution in [3.63, 3.8) is 0 Å². The number of ether oxygens (including phenoxy) is 2. The third-order valence-electron chi connectivity index (χ3n) is 2.25. The van der Waals surface area contributed by atoms with Gasteiger partial charge < -0.3 is 20.9 Å². The van der Waals surface area contributed by atoms with Crippen LogP contribution in [0.2, 0.25) is 0 Å². The van der Waals surface area contributed by atoms with Crippen molar-refractivity contribution >= 4 is 11.9 Å². The zero-order chi connectivity index (χ0) is 13.8. The van der Waals surface area contributed by atoms with Crippen molar-refractivity contribution in [2.45, 2.75) is 26.9 Å². The number of aromatic nitrogens is 2. The number of nitrogens with zero attached hydrogens (tertiary/aromatic N) is 2. The van der Waals surface area contributed by atoms with Gasteiger partial charge in [-0.05, 0) is 0 Å². The molecule has 4 N–H and O–H groups in total. The predicted octanol–water partition coefficient (Wildman–Crippen LogP) is 0.948. The zero-order valence-corrected chi connectivity index (χ0v) is 10.7. The van der Waals surface area contributed by atoms with Gasteiger partial charge in [0.25, 0.3) is 0 Å². The van der Waals surface area contributed by atoms with E-state index in [0.717, 1.165) is 0 Å². The van der Waals surface area contributed by atoms with Gasteiger partial charge in [0.1, 0.15) is 18.5 Å². The Bertz CT molecular complexity index is 400. The molecule has 0 aromatic carbocycles. The maximum Gasteiger partial charge on any atom is 0.404 e. The average Bonchev–Trinajstić information content (AvgIpc) is 2.24. The lowest BCUT2D eigenvalue weighted by Crippen LogP contribution is -2.38. The fourth-order valence-corrected chi connectivity index (χ4v) is 1.15. The molecule has 0 saturated heterocycles. The van der Waals surface area contributed by atoms with Crippen LogP contribution in [0, 0.1) is 5.41 Å². The second-order valence-corrected chi connectivity index (χ2v) is 4.88. The number of carbonyl (C=O) groups excluding carboxylic acids is 1. The summed E-state index contributed by atoms with van der Waals surface area (Å²) in [5.74, 6) is 0.625. The number of nitrogen functional groups attached to an aromatic ring is 1. The Hall–Kier alpha value is -2.05. The molecule has 1 aromatic heterocycles. The van der Waals surface area contributed by atoms with E-state index in [1.807, 2.05) is 20.8 Å². The summed E-state index contributed by atoms with van der Waals surface area (Å²) in [6.45, 7) is 5.90. The van der Waals surface area contributed by atoms with Crippen molar-refractivity contribution in [3.8, 4) is 5.88 Å². The van der Waals surface area contributed by atoms with E-state index in [0.29, 0.717) is 11.7 Å². The topological polar surface area (TPSA) is 113 Å². The first kappa shape index (κ1) is 14.0. The minimum absolute atomic E-state index is 0.0465. The van der Waals surface area contributed by atoms with Crippen molar-refractivity contribution in [2.75, 3.05) is 12.3 Å². The summed E-state index contributed by atoms with van der Waals surface area (Å²) < 4.78 is 10.4. The van der Waals surface area contributed by atoms with E-state index >= 15 is 0 Å². The second-order valence-electron chi connectivity index (χ2n) is 4.88. The van der Waals surface area contributed by atoms with Gasteiger partial charge in [0, 0.05) is 5.41 Å². The number of nitrogens with two attached hydrogens (primary N) is 2. The molecule has 0 bridgehead atoms. The van der Waals surface area contributed by atoms with E-state index in [1.165, 1.54) is 12.4 Å². The van der Waals surface area contributed by atoms with Gasteiger partial charge in [-0.15, -0.1) is 0 Å².